The predicted molar refractivity (Wildman–Crippen MR) is 121 cm³/mol. The van der Waals surface area contributed by atoms with Crippen molar-refractivity contribution < 1.29 is 32.3 Å². The number of ether oxygens (including phenoxy) is 2. The smallest absolute Gasteiger partial charge is 0.341 e. The molecule has 176 valence electrons. The van der Waals surface area contributed by atoms with Crippen molar-refractivity contribution in [3.8, 4) is 0 Å². The third kappa shape index (κ3) is 4.80. The van der Waals surface area contributed by atoms with Crippen LogP contribution in [0.15, 0.2) is 29.2 Å². The Morgan fingerprint density at radius 3 is 2.39 bits per heavy atom. The van der Waals surface area contributed by atoms with Gasteiger partial charge in [0.15, 0.2) is 6.61 Å². The quantitative estimate of drug-likeness (QED) is 0.590. The van der Waals surface area contributed by atoms with Crippen LogP contribution in [-0.4, -0.2) is 57.4 Å². The number of hydrogen-bond acceptors (Lipinski definition) is 8. The lowest BCUT2D eigenvalue weighted by molar-refractivity contribution is -0.119. The largest absolute Gasteiger partial charge is 0.465 e. The van der Waals surface area contributed by atoms with Gasteiger partial charge in [0.25, 0.3) is 5.91 Å². The van der Waals surface area contributed by atoms with Crippen molar-refractivity contribution in [2.24, 2.45) is 0 Å². The molecule has 0 atom stereocenters. The summed E-state index contributed by atoms with van der Waals surface area (Å²) in [7, 11) is -2.29. The molecule has 1 amide bonds. The van der Waals surface area contributed by atoms with Gasteiger partial charge >= 0.3 is 11.9 Å². The second kappa shape index (κ2) is 9.62. The van der Waals surface area contributed by atoms with Crippen LogP contribution in [0.2, 0.25) is 0 Å². The Morgan fingerprint density at radius 2 is 1.73 bits per heavy atom. The van der Waals surface area contributed by atoms with Crippen LogP contribution in [0.4, 0.5) is 5.00 Å². The van der Waals surface area contributed by atoms with Crippen LogP contribution in [0.25, 0.3) is 0 Å². The highest BCUT2D eigenvalue weighted by Crippen LogP contribution is 2.39. The fourth-order valence-corrected chi connectivity index (χ4v) is 6.84. The lowest BCUT2D eigenvalue weighted by Crippen LogP contribution is -2.27. The van der Waals surface area contributed by atoms with E-state index in [2.05, 4.69) is 5.32 Å². The number of carbonyl (C=O) groups is 3. The highest BCUT2D eigenvalue weighted by Gasteiger charge is 2.29. The van der Waals surface area contributed by atoms with Gasteiger partial charge in [-0.2, -0.15) is 4.31 Å². The van der Waals surface area contributed by atoms with E-state index in [0.29, 0.717) is 23.7 Å². The molecular formula is C22H24N2O7S2. The van der Waals surface area contributed by atoms with Crippen LogP contribution < -0.4 is 5.32 Å². The molecule has 1 fully saturated rings. The molecule has 0 unspecified atom stereocenters. The van der Waals surface area contributed by atoms with Gasteiger partial charge in [-0.25, -0.2) is 18.0 Å². The molecule has 0 bridgehead atoms. The van der Waals surface area contributed by atoms with Gasteiger partial charge in [0.2, 0.25) is 10.0 Å². The number of fused-ring (bicyclic) bond motifs is 1. The molecule has 1 aliphatic carbocycles. The summed E-state index contributed by atoms with van der Waals surface area (Å²) in [5, 5.41) is 3.03. The SMILES string of the molecule is COC(=O)c1c(NC(=O)COC(=O)c2ccc(S(=O)(=O)N3CCCC3)cc2)sc2c1CCC2. The molecule has 1 N–H and O–H groups in total. The van der Waals surface area contributed by atoms with Crippen LogP contribution >= 0.6 is 11.3 Å². The molecule has 9 nitrogen and oxygen atoms in total. The number of esters is 2. The van der Waals surface area contributed by atoms with Crippen molar-refractivity contribution in [1.29, 1.82) is 0 Å². The number of amides is 1. The van der Waals surface area contributed by atoms with Crippen LogP contribution in [0, 0.1) is 0 Å². The van der Waals surface area contributed by atoms with Crippen molar-refractivity contribution in [2.45, 2.75) is 37.0 Å². The van der Waals surface area contributed by atoms with E-state index < -0.39 is 34.5 Å². The molecule has 33 heavy (non-hydrogen) atoms. The Balaban J connectivity index is 1.37. The maximum atomic E-state index is 12.6. The van der Waals surface area contributed by atoms with Gasteiger partial charge in [0.1, 0.15) is 5.00 Å². The van der Waals surface area contributed by atoms with Crippen LogP contribution in [0.3, 0.4) is 0 Å². The van der Waals surface area contributed by atoms with Crippen LogP contribution in [0.1, 0.15) is 50.4 Å². The first-order valence-electron chi connectivity index (χ1n) is 10.6. The second-order valence-corrected chi connectivity index (χ2v) is 10.9. The molecule has 1 aromatic heterocycles. The molecular weight excluding hydrogens is 468 g/mol. The number of nitrogens with one attached hydrogen (secondary N) is 1. The molecule has 11 heteroatoms. The van der Waals surface area contributed by atoms with E-state index in [1.54, 1.807) is 0 Å². The van der Waals surface area contributed by atoms with Gasteiger partial charge in [-0.15, -0.1) is 11.3 Å². The van der Waals surface area contributed by atoms with Crippen LogP contribution in [0.5, 0.6) is 0 Å². The summed E-state index contributed by atoms with van der Waals surface area (Å²) in [5.41, 5.74) is 1.40. The third-order valence-electron chi connectivity index (χ3n) is 5.69. The van der Waals surface area contributed by atoms with Gasteiger partial charge in [0.05, 0.1) is 23.1 Å². The second-order valence-electron chi connectivity index (χ2n) is 7.81. The summed E-state index contributed by atoms with van der Waals surface area (Å²) in [6.07, 6.45) is 4.22. The Morgan fingerprint density at radius 1 is 1.03 bits per heavy atom. The number of carbonyl (C=O) groups excluding carboxylic acids is 3. The van der Waals surface area contributed by atoms with Gasteiger partial charge in [-0.05, 0) is 61.9 Å². The summed E-state index contributed by atoms with van der Waals surface area (Å²) in [5.74, 6) is -1.84. The third-order valence-corrected chi connectivity index (χ3v) is 8.81. The number of benzene rings is 1. The molecule has 4 rings (SSSR count). The molecule has 2 aliphatic rings. The van der Waals surface area contributed by atoms with Crippen molar-refractivity contribution in [1.82, 2.24) is 4.31 Å². The maximum absolute atomic E-state index is 12.6. The molecule has 0 radical (unpaired) electrons. The number of aryl methyl sites for hydroxylation is 1. The predicted octanol–water partition coefficient (Wildman–Crippen LogP) is 2.60. The molecule has 1 saturated heterocycles. The topological polar surface area (TPSA) is 119 Å². The zero-order valence-corrected chi connectivity index (χ0v) is 19.7. The molecule has 0 saturated carbocycles. The van der Waals surface area contributed by atoms with Crippen molar-refractivity contribution in [3.05, 3.63) is 45.8 Å². The van der Waals surface area contributed by atoms with Gasteiger partial charge in [-0.1, -0.05) is 0 Å². The number of anilines is 1. The fourth-order valence-electron chi connectivity index (χ4n) is 4.03. The highest BCUT2D eigenvalue weighted by molar-refractivity contribution is 7.89. The molecule has 2 heterocycles. The van der Waals surface area contributed by atoms with Gasteiger partial charge in [0, 0.05) is 18.0 Å². The Kier molecular flexibility index (Phi) is 6.82. The van der Waals surface area contributed by atoms with E-state index in [1.165, 1.54) is 47.0 Å². The number of methoxy groups -OCH3 is 1. The minimum atomic E-state index is -3.57. The molecule has 1 aromatic carbocycles. The number of rotatable bonds is 7. The standard InChI is InChI=1S/C22H24N2O7S2/c1-30-22(27)19-16-5-4-6-17(16)32-20(19)23-18(25)13-31-21(26)14-7-9-15(10-8-14)33(28,29)24-11-2-3-12-24/h7-10H,2-6,11-13H2,1H3,(H,23,25). The average molecular weight is 493 g/mol. The Hall–Kier alpha value is -2.76. The number of thiophene rings is 1. The number of sulfonamides is 1. The van der Waals surface area contributed by atoms with E-state index in [1.807, 2.05) is 0 Å². The highest BCUT2D eigenvalue weighted by atomic mass is 32.2. The summed E-state index contributed by atoms with van der Waals surface area (Å²) in [6.45, 7) is 0.439. The summed E-state index contributed by atoms with van der Waals surface area (Å²) in [4.78, 5) is 38.0. The Labute approximate surface area is 195 Å². The minimum Gasteiger partial charge on any atom is -0.465 e. The fraction of sp³-hybridized carbons (Fsp3) is 0.409. The lowest BCUT2D eigenvalue weighted by atomic mass is 10.1. The molecule has 0 spiro atoms. The zero-order valence-electron chi connectivity index (χ0n) is 18.1. The van der Waals surface area contributed by atoms with E-state index in [4.69, 9.17) is 9.47 Å². The summed E-state index contributed by atoms with van der Waals surface area (Å²) >= 11 is 1.33. The molecule has 1 aliphatic heterocycles. The summed E-state index contributed by atoms with van der Waals surface area (Å²) < 4.78 is 36.5. The normalized spacial score (nSPS) is 15.8. The number of nitrogens with zero attached hydrogens (tertiary/aromatic N) is 1. The number of hydrogen-bond donors (Lipinski definition) is 1. The zero-order chi connectivity index (χ0) is 23.6. The first-order chi connectivity index (χ1) is 15.8. The van der Waals surface area contributed by atoms with Gasteiger partial charge < -0.3 is 14.8 Å². The van der Waals surface area contributed by atoms with E-state index in [0.717, 1.165) is 42.5 Å². The molecule has 2 aromatic rings. The van der Waals surface area contributed by atoms with E-state index in [-0.39, 0.29) is 10.5 Å². The first-order valence-corrected chi connectivity index (χ1v) is 12.9. The van der Waals surface area contributed by atoms with Crippen LogP contribution in [-0.2, 0) is 37.1 Å². The lowest BCUT2D eigenvalue weighted by Gasteiger charge is -2.15. The van der Waals surface area contributed by atoms with Crippen molar-refractivity contribution in [3.63, 3.8) is 0 Å². The Bertz CT molecular complexity index is 1180. The van der Waals surface area contributed by atoms with E-state index >= 15 is 0 Å². The summed E-state index contributed by atoms with van der Waals surface area (Å²) in [6, 6.07) is 5.45. The maximum Gasteiger partial charge on any atom is 0.341 e. The first kappa shape index (κ1) is 23.4. The monoisotopic (exact) mass is 492 g/mol. The van der Waals surface area contributed by atoms with Gasteiger partial charge in [-0.3, -0.25) is 4.79 Å². The van der Waals surface area contributed by atoms with Crippen molar-refractivity contribution >= 4 is 44.2 Å². The minimum absolute atomic E-state index is 0.111. The average Bonchev–Trinajstić information content (AvgIpc) is 3.55. The van der Waals surface area contributed by atoms with E-state index in [9.17, 15) is 22.8 Å². The van der Waals surface area contributed by atoms with Crippen molar-refractivity contribution in [2.75, 3.05) is 32.1 Å².